The maximum Gasteiger partial charge on any atom is 0.0890 e. The van der Waals surface area contributed by atoms with Crippen molar-refractivity contribution >= 4 is 34.2 Å². The van der Waals surface area contributed by atoms with Crippen molar-refractivity contribution in [2.45, 2.75) is 27.7 Å². The third kappa shape index (κ3) is 4.01. The minimum Gasteiger partial charge on any atom is -0.792 e. The molecule has 0 atom stereocenters. The number of nitrogens with zero attached hydrogens (tertiary/aromatic N) is 4. The Morgan fingerprint density at radius 1 is 0.700 bits per heavy atom. The third-order valence-corrected chi connectivity index (χ3v) is 2.78. The summed E-state index contributed by atoms with van der Waals surface area (Å²) in [6.07, 6.45) is 0. The molecular formula is C14H16N4O2-2. The van der Waals surface area contributed by atoms with E-state index in [1.165, 1.54) is 0 Å². The molecule has 1 aromatic carbocycles. The molecule has 106 valence electrons. The van der Waals surface area contributed by atoms with Crippen LogP contribution in [0.25, 0.3) is 0 Å². The Balaban J connectivity index is 3.26. The van der Waals surface area contributed by atoms with Crippen LogP contribution in [0, 0.1) is 10.4 Å². The van der Waals surface area contributed by atoms with Crippen LogP contribution in [0.4, 0.5) is 11.4 Å². The molecule has 0 bridgehead atoms. The van der Waals surface area contributed by atoms with Gasteiger partial charge in [0.05, 0.1) is 22.8 Å². The zero-order valence-electron chi connectivity index (χ0n) is 11.9. The second kappa shape index (κ2) is 7.18. The van der Waals surface area contributed by atoms with Gasteiger partial charge in [-0.05, 0) is 39.8 Å². The average molecular weight is 272 g/mol. The van der Waals surface area contributed by atoms with Gasteiger partial charge in [-0.15, -0.1) is 0 Å². The molecule has 6 nitrogen and oxygen atoms in total. The topological polar surface area (TPSA) is 95.6 Å². The molecule has 0 radical (unpaired) electrons. The van der Waals surface area contributed by atoms with Gasteiger partial charge in [0.15, 0.2) is 0 Å². The molecule has 0 amide bonds. The van der Waals surface area contributed by atoms with E-state index >= 15 is 0 Å². The second-order valence-electron chi connectivity index (χ2n) is 4.24. The maximum atomic E-state index is 10.5. The van der Waals surface area contributed by atoms with Crippen molar-refractivity contribution in [3.05, 3.63) is 34.7 Å². The summed E-state index contributed by atoms with van der Waals surface area (Å²) in [6.45, 7) is 6.59. The number of para-hydroxylation sites is 2. The molecule has 1 aromatic rings. The van der Waals surface area contributed by atoms with Crippen molar-refractivity contribution in [1.29, 1.82) is 0 Å². The summed E-state index contributed by atoms with van der Waals surface area (Å²) in [6, 6.07) is 7.19. The monoisotopic (exact) mass is 272 g/mol. The Kier molecular flexibility index (Phi) is 5.58. The molecule has 0 fully saturated rings. The van der Waals surface area contributed by atoms with Crippen LogP contribution in [0.5, 0.6) is 0 Å². The lowest BCUT2D eigenvalue weighted by Crippen LogP contribution is -2.05. The number of hydrogen-bond acceptors (Lipinski definition) is 6. The van der Waals surface area contributed by atoms with E-state index in [0.717, 1.165) is 0 Å². The van der Waals surface area contributed by atoms with Crippen molar-refractivity contribution in [1.82, 2.24) is 0 Å². The van der Waals surface area contributed by atoms with Crippen LogP contribution in [0.3, 0.4) is 0 Å². The number of benzene rings is 1. The zero-order valence-corrected chi connectivity index (χ0v) is 11.9. The molecule has 0 N–H and O–H groups in total. The van der Waals surface area contributed by atoms with Crippen LogP contribution in [-0.2, 0) is 0 Å². The van der Waals surface area contributed by atoms with Crippen LogP contribution in [0.15, 0.2) is 44.6 Å². The zero-order chi connectivity index (χ0) is 15.1. The Labute approximate surface area is 117 Å². The van der Waals surface area contributed by atoms with E-state index in [1.807, 2.05) is 12.1 Å². The van der Waals surface area contributed by atoms with E-state index in [2.05, 4.69) is 20.3 Å². The lowest BCUT2D eigenvalue weighted by Gasteiger charge is -2.06. The second-order valence-corrected chi connectivity index (χ2v) is 4.24. The molecule has 1 rings (SSSR count). The summed E-state index contributed by atoms with van der Waals surface area (Å²) >= 11 is 0. The van der Waals surface area contributed by atoms with Crippen molar-refractivity contribution in [3.63, 3.8) is 0 Å². The third-order valence-electron chi connectivity index (χ3n) is 2.78. The van der Waals surface area contributed by atoms with Gasteiger partial charge in [0.1, 0.15) is 0 Å². The van der Waals surface area contributed by atoms with Crippen LogP contribution >= 0.6 is 0 Å². The molecule has 6 heteroatoms. The van der Waals surface area contributed by atoms with Gasteiger partial charge in [-0.25, -0.2) is 9.98 Å². The van der Waals surface area contributed by atoms with Gasteiger partial charge in [0.25, 0.3) is 0 Å². The molecule has 0 saturated heterocycles. The highest BCUT2D eigenvalue weighted by Crippen LogP contribution is 2.27. The molecular weight excluding hydrogens is 256 g/mol. The number of rotatable bonds is 4. The highest BCUT2D eigenvalue weighted by atomic mass is 16.4. The van der Waals surface area contributed by atoms with Gasteiger partial charge in [-0.3, -0.25) is 0 Å². The fourth-order valence-corrected chi connectivity index (χ4v) is 1.31. The summed E-state index contributed by atoms with van der Waals surface area (Å²) in [7, 11) is 0. The summed E-state index contributed by atoms with van der Waals surface area (Å²) in [4.78, 5) is 8.66. The van der Waals surface area contributed by atoms with E-state index in [4.69, 9.17) is 0 Å². The highest BCUT2D eigenvalue weighted by Gasteiger charge is 2.03. The average Bonchev–Trinajstić information content (AvgIpc) is 2.47. The van der Waals surface area contributed by atoms with Crippen molar-refractivity contribution in [2.24, 2.45) is 20.3 Å². The molecule has 0 saturated carbocycles. The maximum absolute atomic E-state index is 10.5. The normalized spacial score (nSPS) is 14.6. The van der Waals surface area contributed by atoms with E-state index in [9.17, 15) is 10.4 Å². The molecule has 0 aromatic heterocycles. The molecule has 0 aliphatic carbocycles. The van der Waals surface area contributed by atoms with Gasteiger partial charge in [-0.2, -0.15) is 0 Å². The van der Waals surface area contributed by atoms with Crippen LogP contribution in [-0.4, -0.2) is 22.8 Å². The van der Waals surface area contributed by atoms with Crippen molar-refractivity contribution in [2.75, 3.05) is 0 Å². The largest absolute Gasteiger partial charge is 0.792 e. The summed E-state index contributed by atoms with van der Waals surface area (Å²) in [5.41, 5.74) is 2.89. The van der Waals surface area contributed by atoms with Gasteiger partial charge in [-0.1, -0.05) is 12.1 Å². The summed E-state index contributed by atoms with van der Waals surface area (Å²) < 4.78 is 0. The lowest BCUT2D eigenvalue weighted by atomic mass is 10.2. The first-order chi connectivity index (χ1) is 9.49. The van der Waals surface area contributed by atoms with Crippen LogP contribution < -0.4 is 0 Å². The summed E-state index contributed by atoms with van der Waals surface area (Å²) in [5.74, 6) is 0. The van der Waals surface area contributed by atoms with Crippen molar-refractivity contribution < 1.29 is 0 Å². The van der Waals surface area contributed by atoms with E-state index < -0.39 is 0 Å². The van der Waals surface area contributed by atoms with Gasteiger partial charge in [0.2, 0.25) is 0 Å². The van der Waals surface area contributed by atoms with Gasteiger partial charge in [0, 0.05) is 11.4 Å². The molecule has 0 heterocycles. The van der Waals surface area contributed by atoms with E-state index in [-0.39, 0.29) is 0 Å². The number of aliphatic imine (C=N–C) groups is 2. The van der Waals surface area contributed by atoms with E-state index in [1.54, 1.807) is 39.8 Å². The predicted octanol–water partition coefficient (Wildman–Crippen LogP) is 3.79. The Hall–Kier alpha value is -2.50. The Morgan fingerprint density at radius 2 is 1.05 bits per heavy atom. The highest BCUT2D eigenvalue weighted by molar-refractivity contribution is 6.42. The smallest absolute Gasteiger partial charge is 0.0890 e. The number of hydrogen-bond donors (Lipinski definition) is 0. The van der Waals surface area contributed by atoms with Gasteiger partial charge < -0.3 is 20.7 Å². The molecule has 0 aliphatic heterocycles. The first-order valence-corrected chi connectivity index (χ1v) is 6.03. The van der Waals surface area contributed by atoms with Crippen molar-refractivity contribution in [3.8, 4) is 0 Å². The molecule has 0 unspecified atom stereocenters. The lowest BCUT2D eigenvalue weighted by molar-refractivity contribution is 1.43. The predicted molar refractivity (Wildman–Crippen MR) is 84.9 cm³/mol. The first-order valence-electron chi connectivity index (χ1n) is 6.03. The minimum absolute atomic E-state index is 0.317. The SMILES string of the molecule is CC(=Nc1ccccc1N=C(C)/C(C)=N\[O-])/C(C)=N\[O-]. The van der Waals surface area contributed by atoms with Crippen LogP contribution in [0.1, 0.15) is 27.7 Å². The quantitative estimate of drug-likeness (QED) is 0.615. The van der Waals surface area contributed by atoms with Crippen LogP contribution in [0.2, 0.25) is 0 Å². The molecule has 0 spiro atoms. The molecule has 0 aliphatic rings. The Morgan fingerprint density at radius 3 is 1.35 bits per heavy atom. The van der Waals surface area contributed by atoms with E-state index in [0.29, 0.717) is 34.2 Å². The minimum atomic E-state index is 0.317. The first kappa shape index (κ1) is 15.6. The summed E-state index contributed by atoms with van der Waals surface area (Å²) in [5, 5.41) is 26.7. The molecule has 20 heavy (non-hydrogen) atoms. The Bertz CT molecular complexity index is 548. The standard InChI is InChI=1S/C14H18N4O2/c1-9(11(3)17-19)15-13-7-5-6-8-14(13)16-10(2)12(4)18-20/h5-8,19-20H,1-4H3/p-2/b15-9?,16-10?,17-11-,18-12-. The fraction of sp³-hybridized carbons (Fsp3) is 0.286. The fourth-order valence-electron chi connectivity index (χ4n) is 1.31. The van der Waals surface area contributed by atoms with Gasteiger partial charge >= 0.3 is 0 Å².